The molecule has 0 aliphatic carbocycles. The summed E-state index contributed by atoms with van der Waals surface area (Å²) in [6, 6.07) is 13.7. The lowest BCUT2D eigenvalue weighted by Gasteiger charge is -2.12. The second-order valence-corrected chi connectivity index (χ2v) is 7.25. The number of esters is 1. The first-order chi connectivity index (χ1) is 15.4. The van der Waals surface area contributed by atoms with Gasteiger partial charge in [-0.15, -0.1) is 0 Å². The normalized spacial score (nSPS) is 14.8. The maximum atomic E-state index is 13.1. The maximum absolute atomic E-state index is 13.1. The Morgan fingerprint density at radius 2 is 1.94 bits per heavy atom. The molecule has 1 aliphatic heterocycles. The summed E-state index contributed by atoms with van der Waals surface area (Å²) in [7, 11) is 0. The fourth-order valence-electron chi connectivity index (χ4n) is 3.65. The van der Waals surface area contributed by atoms with Crippen LogP contribution in [-0.4, -0.2) is 39.8 Å². The number of carboxylic acids is 1. The van der Waals surface area contributed by atoms with Crippen LogP contribution in [0.3, 0.4) is 0 Å². The van der Waals surface area contributed by atoms with E-state index in [1.807, 2.05) is 30.5 Å². The molecule has 1 aliphatic rings. The van der Waals surface area contributed by atoms with Crippen LogP contribution in [0, 0.1) is 0 Å². The third kappa shape index (κ3) is 3.90. The monoisotopic (exact) mass is 431 g/mol. The number of ether oxygens (including phenoxy) is 1. The van der Waals surface area contributed by atoms with Crippen molar-refractivity contribution in [2.45, 2.75) is 20.4 Å². The lowest BCUT2D eigenvalue weighted by atomic mass is 10.1. The number of para-hydroxylation sites is 1. The molecule has 162 valence electrons. The molecule has 0 saturated carbocycles. The van der Waals surface area contributed by atoms with E-state index in [0.717, 1.165) is 16.5 Å². The molecule has 8 heteroatoms. The number of hydrazone groups is 1. The van der Waals surface area contributed by atoms with E-state index in [0.29, 0.717) is 23.6 Å². The molecule has 8 nitrogen and oxygen atoms in total. The lowest BCUT2D eigenvalue weighted by Crippen LogP contribution is -2.21. The molecule has 4 rings (SSSR count). The third-order valence-electron chi connectivity index (χ3n) is 5.12. The number of aromatic carboxylic acids is 1. The molecule has 1 N–H and O–H groups in total. The Morgan fingerprint density at radius 3 is 2.69 bits per heavy atom. The number of aromatic nitrogens is 1. The number of hydrogen-bond acceptors (Lipinski definition) is 5. The van der Waals surface area contributed by atoms with Gasteiger partial charge in [-0.3, -0.25) is 9.59 Å². The van der Waals surface area contributed by atoms with Crippen LogP contribution in [0.1, 0.15) is 29.8 Å². The summed E-state index contributed by atoms with van der Waals surface area (Å²) < 4.78 is 6.86. The van der Waals surface area contributed by atoms with Gasteiger partial charge in [0.2, 0.25) is 0 Å². The van der Waals surface area contributed by atoms with Crippen LogP contribution >= 0.6 is 0 Å². The van der Waals surface area contributed by atoms with Crippen molar-refractivity contribution in [1.82, 2.24) is 4.57 Å². The maximum Gasteiger partial charge on any atom is 0.335 e. The predicted octanol–water partition coefficient (Wildman–Crippen LogP) is 3.71. The van der Waals surface area contributed by atoms with Gasteiger partial charge in [0, 0.05) is 22.7 Å². The van der Waals surface area contributed by atoms with E-state index in [4.69, 9.17) is 4.74 Å². The number of carbonyl (C=O) groups excluding carboxylic acids is 2. The van der Waals surface area contributed by atoms with Crippen LogP contribution in [0.25, 0.3) is 17.0 Å². The van der Waals surface area contributed by atoms with Gasteiger partial charge in [-0.2, -0.15) is 10.1 Å². The van der Waals surface area contributed by atoms with E-state index in [9.17, 15) is 19.5 Å². The van der Waals surface area contributed by atoms with Gasteiger partial charge in [-0.25, -0.2) is 4.79 Å². The highest BCUT2D eigenvalue weighted by Gasteiger charge is 2.29. The van der Waals surface area contributed by atoms with E-state index >= 15 is 0 Å². The van der Waals surface area contributed by atoms with Gasteiger partial charge in [0.05, 0.1) is 29.1 Å². The molecule has 0 saturated heterocycles. The number of amides is 1. The fraction of sp³-hybridized carbons (Fsp3) is 0.167. The zero-order valence-electron chi connectivity index (χ0n) is 17.6. The first-order valence-corrected chi connectivity index (χ1v) is 10.1. The van der Waals surface area contributed by atoms with Gasteiger partial charge in [-0.05, 0) is 44.2 Å². The molecule has 0 radical (unpaired) electrons. The SMILES string of the molecule is CCOC(=O)Cn1cc(/C=C2\C(=O)N(c3cccc(C(=O)O)c3)N=C2C)c2ccccc21. The van der Waals surface area contributed by atoms with E-state index in [-0.39, 0.29) is 24.0 Å². The van der Waals surface area contributed by atoms with E-state index in [1.165, 1.54) is 17.1 Å². The van der Waals surface area contributed by atoms with Crippen molar-refractivity contribution in [3.8, 4) is 0 Å². The molecule has 1 amide bonds. The van der Waals surface area contributed by atoms with Crippen LogP contribution in [0.4, 0.5) is 5.69 Å². The highest BCUT2D eigenvalue weighted by Crippen LogP contribution is 2.29. The molecule has 32 heavy (non-hydrogen) atoms. The van der Waals surface area contributed by atoms with Crippen molar-refractivity contribution in [3.05, 3.63) is 71.4 Å². The van der Waals surface area contributed by atoms with Crippen molar-refractivity contribution in [3.63, 3.8) is 0 Å². The summed E-state index contributed by atoms with van der Waals surface area (Å²) >= 11 is 0. The number of carboxylic acid groups (broad SMARTS) is 1. The topological polar surface area (TPSA) is 101 Å². The molecule has 0 spiro atoms. The zero-order chi connectivity index (χ0) is 22.8. The Labute approximate surface area is 184 Å². The van der Waals surface area contributed by atoms with Crippen molar-refractivity contribution in [2.24, 2.45) is 5.10 Å². The minimum Gasteiger partial charge on any atom is -0.478 e. The number of rotatable bonds is 6. The van der Waals surface area contributed by atoms with Gasteiger partial charge in [0.25, 0.3) is 5.91 Å². The molecule has 0 fully saturated rings. The molecule has 1 aromatic heterocycles. The average Bonchev–Trinajstić information content (AvgIpc) is 3.26. The highest BCUT2D eigenvalue weighted by molar-refractivity contribution is 6.32. The van der Waals surface area contributed by atoms with Gasteiger partial charge in [0.15, 0.2) is 0 Å². The van der Waals surface area contributed by atoms with Crippen LogP contribution in [0.2, 0.25) is 0 Å². The smallest absolute Gasteiger partial charge is 0.335 e. The van der Waals surface area contributed by atoms with E-state index < -0.39 is 5.97 Å². The first kappa shape index (κ1) is 21.0. The van der Waals surface area contributed by atoms with E-state index in [2.05, 4.69) is 5.10 Å². The highest BCUT2D eigenvalue weighted by atomic mass is 16.5. The Kier molecular flexibility index (Phi) is 5.59. The number of fused-ring (bicyclic) bond motifs is 1. The summed E-state index contributed by atoms with van der Waals surface area (Å²) in [6.45, 7) is 3.85. The number of nitrogens with zero attached hydrogens (tertiary/aromatic N) is 3. The van der Waals surface area contributed by atoms with Gasteiger partial charge in [-0.1, -0.05) is 24.3 Å². The Balaban J connectivity index is 1.71. The number of benzene rings is 2. The lowest BCUT2D eigenvalue weighted by molar-refractivity contribution is -0.143. The number of carbonyl (C=O) groups is 3. The second-order valence-electron chi connectivity index (χ2n) is 7.25. The van der Waals surface area contributed by atoms with Crippen LogP contribution in [0.5, 0.6) is 0 Å². The zero-order valence-corrected chi connectivity index (χ0v) is 17.6. The first-order valence-electron chi connectivity index (χ1n) is 10.1. The summed E-state index contributed by atoms with van der Waals surface area (Å²) in [6.07, 6.45) is 3.55. The van der Waals surface area contributed by atoms with Gasteiger partial charge >= 0.3 is 11.9 Å². The van der Waals surface area contributed by atoms with Crippen LogP contribution in [0.15, 0.2) is 65.4 Å². The molecule has 2 heterocycles. The molecule has 3 aromatic rings. The van der Waals surface area contributed by atoms with Crippen molar-refractivity contribution in [1.29, 1.82) is 0 Å². The van der Waals surface area contributed by atoms with Gasteiger partial charge in [0.1, 0.15) is 6.54 Å². The second kappa shape index (κ2) is 8.50. The number of anilines is 1. The Morgan fingerprint density at radius 1 is 1.16 bits per heavy atom. The average molecular weight is 431 g/mol. The minimum atomic E-state index is -1.08. The molecular formula is C24H21N3O5. The van der Waals surface area contributed by atoms with Crippen molar-refractivity contribution >= 4 is 46.2 Å². The summed E-state index contributed by atoms with van der Waals surface area (Å²) in [5.74, 6) is -1.77. The largest absolute Gasteiger partial charge is 0.478 e. The molecular weight excluding hydrogens is 410 g/mol. The Bertz CT molecular complexity index is 1300. The van der Waals surface area contributed by atoms with Gasteiger partial charge < -0.3 is 14.4 Å². The molecule has 0 unspecified atom stereocenters. The van der Waals surface area contributed by atoms with Crippen molar-refractivity contribution in [2.75, 3.05) is 11.6 Å². The van der Waals surface area contributed by atoms with Crippen molar-refractivity contribution < 1.29 is 24.2 Å². The Hall–Kier alpha value is -4.20. The minimum absolute atomic E-state index is 0.0622. The van der Waals surface area contributed by atoms with Crippen LogP contribution in [-0.2, 0) is 20.9 Å². The summed E-state index contributed by atoms with van der Waals surface area (Å²) in [5.41, 5.74) is 2.97. The number of hydrogen-bond donors (Lipinski definition) is 1. The molecule has 0 atom stereocenters. The summed E-state index contributed by atoms with van der Waals surface area (Å²) in [5, 5.41) is 15.7. The fourth-order valence-corrected chi connectivity index (χ4v) is 3.65. The quantitative estimate of drug-likeness (QED) is 0.474. The van der Waals surface area contributed by atoms with E-state index in [1.54, 1.807) is 36.6 Å². The predicted molar refractivity (Wildman–Crippen MR) is 121 cm³/mol. The summed E-state index contributed by atoms with van der Waals surface area (Å²) in [4.78, 5) is 36.4. The molecule has 2 aromatic carbocycles. The molecule has 0 bridgehead atoms. The third-order valence-corrected chi connectivity index (χ3v) is 5.12. The van der Waals surface area contributed by atoms with Crippen LogP contribution < -0.4 is 5.01 Å². The standard InChI is InChI=1S/C24H21N3O5/c1-3-32-22(28)14-26-13-17(19-9-4-5-10-21(19)26)12-20-15(2)25-27(23(20)29)18-8-6-7-16(11-18)24(30)31/h4-13H,3,14H2,1-2H3,(H,30,31)/b20-12-.